The van der Waals surface area contributed by atoms with Gasteiger partial charge in [-0.3, -0.25) is 0 Å². The molecular formula is C60H37N3S. The van der Waals surface area contributed by atoms with Gasteiger partial charge in [0.25, 0.3) is 0 Å². The van der Waals surface area contributed by atoms with Crippen molar-refractivity contribution in [3.8, 4) is 27.9 Å². The Bertz CT molecular complexity index is 4120. The highest BCUT2D eigenvalue weighted by Gasteiger charge is 2.22. The molecule has 0 spiro atoms. The van der Waals surface area contributed by atoms with Crippen LogP contribution in [0.5, 0.6) is 0 Å². The van der Waals surface area contributed by atoms with E-state index >= 15 is 0 Å². The largest absolute Gasteiger partial charge is 0.310 e. The first kappa shape index (κ1) is 35.4. The highest BCUT2D eigenvalue weighted by Crippen LogP contribution is 2.46. The van der Waals surface area contributed by atoms with Gasteiger partial charge in [-0.25, -0.2) is 0 Å². The Hall–Kier alpha value is -8.18. The third kappa shape index (κ3) is 5.15. The Morgan fingerprint density at radius 3 is 1.64 bits per heavy atom. The van der Waals surface area contributed by atoms with E-state index in [-0.39, 0.29) is 0 Å². The van der Waals surface area contributed by atoms with Crippen molar-refractivity contribution in [3.63, 3.8) is 0 Å². The summed E-state index contributed by atoms with van der Waals surface area (Å²) < 4.78 is 7.44. The third-order valence-electron chi connectivity index (χ3n) is 13.4. The summed E-state index contributed by atoms with van der Waals surface area (Å²) in [5, 5.41) is 10.2. The predicted octanol–water partition coefficient (Wildman–Crippen LogP) is 17.1. The molecule has 0 amide bonds. The summed E-state index contributed by atoms with van der Waals surface area (Å²) in [5.41, 5.74) is 15.6. The van der Waals surface area contributed by atoms with Gasteiger partial charge in [0.2, 0.25) is 0 Å². The minimum atomic E-state index is 1.11. The van der Waals surface area contributed by atoms with Crippen LogP contribution in [0.2, 0.25) is 0 Å². The number of rotatable bonds is 6. The minimum absolute atomic E-state index is 1.11. The van der Waals surface area contributed by atoms with E-state index in [9.17, 15) is 0 Å². The van der Waals surface area contributed by atoms with Crippen LogP contribution in [0, 0.1) is 0 Å². The first-order valence-corrected chi connectivity index (χ1v) is 22.7. The van der Waals surface area contributed by atoms with Crippen molar-refractivity contribution < 1.29 is 0 Å². The average molecular weight is 832 g/mol. The van der Waals surface area contributed by atoms with Gasteiger partial charge >= 0.3 is 0 Å². The number of benzene rings is 10. The first-order valence-electron chi connectivity index (χ1n) is 21.9. The van der Waals surface area contributed by atoms with E-state index in [4.69, 9.17) is 0 Å². The summed E-state index contributed by atoms with van der Waals surface area (Å²) in [7, 11) is 0. The molecule has 0 aliphatic heterocycles. The lowest BCUT2D eigenvalue weighted by Crippen LogP contribution is -2.09. The Morgan fingerprint density at radius 2 is 0.844 bits per heavy atom. The second-order valence-corrected chi connectivity index (χ2v) is 18.0. The van der Waals surface area contributed by atoms with Gasteiger partial charge in [-0.15, -0.1) is 11.3 Å². The molecule has 10 aromatic carbocycles. The summed E-state index contributed by atoms with van der Waals surface area (Å²) in [6.45, 7) is 0. The zero-order valence-corrected chi connectivity index (χ0v) is 35.4. The maximum absolute atomic E-state index is 2.50. The molecule has 0 N–H and O–H groups in total. The maximum Gasteiger partial charge on any atom is 0.0620 e. The number of thiophene rings is 1. The fourth-order valence-corrected chi connectivity index (χ4v) is 11.8. The third-order valence-corrected chi connectivity index (χ3v) is 14.5. The van der Waals surface area contributed by atoms with E-state index in [1.54, 1.807) is 0 Å². The van der Waals surface area contributed by atoms with E-state index in [0.29, 0.717) is 0 Å². The molecule has 0 saturated heterocycles. The quantitative estimate of drug-likeness (QED) is 0.163. The molecule has 0 aliphatic carbocycles. The van der Waals surface area contributed by atoms with Crippen LogP contribution in [0.4, 0.5) is 17.1 Å². The zero-order valence-electron chi connectivity index (χ0n) is 34.6. The molecule has 0 unspecified atom stereocenters. The number of para-hydroxylation sites is 5. The molecule has 64 heavy (non-hydrogen) atoms. The van der Waals surface area contributed by atoms with E-state index in [1.807, 2.05) is 11.3 Å². The average Bonchev–Trinajstić information content (AvgIpc) is 4.10. The van der Waals surface area contributed by atoms with Crippen LogP contribution < -0.4 is 4.90 Å². The monoisotopic (exact) mass is 831 g/mol. The molecule has 4 aromatic heterocycles. The smallest absolute Gasteiger partial charge is 0.0620 e. The number of nitrogens with zero attached hydrogens (tertiary/aromatic N) is 3. The second-order valence-electron chi connectivity index (χ2n) is 16.9. The molecule has 14 rings (SSSR count). The van der Waals surface area contributed by atoms with Crippen LogP contribution >= 0.6 is 11.3 Å². The fourth-order valence-electron chi connectivity index (χ4n) is 10.6. The fraction of sp³-hybridized carbons (Fsp3) is 0. The summed E-state index contributed by atoms with van der Waals surface area (Å²) in [6.07, 6.45) is 0. The topological polar surface area (TPSA) is 12.6 Å². The normalized spacial score (nSPS) is 12.1. The molecule has 0 atom stereocenters. The van der Waals surface area contributed by atoms with Gasteiger partial charge in [-0.2, -0.15) is 0 Å². The molecule has 14 aromatic rings. The molecule has 0 aliphatic rings. The summed E-state index contributed by atoms with van der Waals surface area (Å²) in [5.74, 6) is 0. The van der Waals surface area contributed by atoms with Gasteiger partial charge in [-0.05, 0) is 89.5 Å². The molecular weight excluding hydrogens is 795 g/mol. The number of fused-ring (bicyclic) bond motifs is 12. The van der Waals surface area contributed by atoms with Gasteiger partial charge in [0, 0.05) is 80.8 Å². The first-order chi connectivity index (χ1) is 31.7. The van der Waals surface area contributed by atoms with E-state index in [1.165, 1.54) is 102 Å². The van der Waals surface area contributed by atoms with Crippen LogP contribution in [0.15, 0.2) is 224 Å². The molecule has 4 heteroatoms. The summed E-state index contributed by atoms with van der Waals surface area (Å²) in [4.78, 5) is 2.42. The number of hydrogen-bond acceptors (Lipinski definition) is 2. The Labute approximate surface area is 372 Å². The van der Waals surface area contributed by atoms with E-state index in [0.717, 1.165) is 22.7 Å². The second kappa shape index (κ2) is 13.7. The van der Waals surface area contributed by atoms with Gasteiger partial charge in [-0.1, -0.05) is 152 Å². The van der Waals surface area contributed by atoms with Crippen molar-refractivity contribution in [3.05, 3.63) is 224 Å². The van der Waals surface area contributed by atoms with Gasteiger partial charge < -0.3 is 13.9 Å². The van der Waals surface area contributed by atoms with Gasteiger partial charge in [0.15, 0.2) is 0 Å². The van der Waals surface area contributed by atoms with Crippen LogP contribution in [-0.2, 0) is 0 Å². The van der Waals surface area contributed by atoms with Crippen LogP contribution in [0.3, 0.4) is 0 Å². The zero-order chi connectivity index (χ0) is 41.9. The number of anilines is 3. The van der Waals surface area contributed by atoms with Crippen molar-refractivity contribution in [1.82, 2.24) is 8.97 Å². The van der Waals surface area contributed by atoms with Gasteiger partial charge in [0.1, 0.15) is 0 Å². The molecule has 4 heterocycles. The van der Waals surface area contributed by atoms with Crippen molar-refractivity contribution in [2.75, 3.05) is 4.90 Å². The van der Waals surface area contributed by atoms with Crippen molar-refractivity contribution in [1.29, 1.82) is 0 Å². The summed E-state index contributed by atoms with van der Waals surface area (Å²) in [6, 6.07) is 82.6. The number of hydrogen-bond donors (Lipinski definition) is 0. The number of aromatic nitrogens is 2. The SMILES string of the molecule is c1ccc(-c2ccc(N(c3ccc4c(c3)sc3cc(-c5cccc6c7cccc8c9ccccc9n(c56)c87)ccc34)c3ccc4c(c3)c3ccccc3n4-c3ccccc3)cc2)cc1. The molecule has 0 saturated carbocycles. The van der Waals surface area contributed by atoms with Crippen LogP contribution in [-0.4, -0.2) is 8.97 Å². The molecule has 298 valence electrons. The lowest BCUT2D eigenvalue weighted by molar-refractivity contribution is 1.18. The Morgan fingerprint density at radius 1 is 0.312 bits per heavy atom. The highest BCUT2D eigenvalue weighted by atomic mass is 32.1. The van der Waals surface area contributed by atoms with Crippen LogP contribution in [0.1, 0.15) is 0 Å². The van der Waals surface area contributed by atoms with Crippen LogP contribution in [0.25, 0.3) is 108 Å². The molecule has 0 fully saturated rings. The molecule has 0 radical (unpaired) electrons. The van der Waals surface area contributed by atoms with Crippen molar-refractivity contribution in [2.24, 2.45) is 0 Å². The van der Waals surface area contributed by atoms with E-state index in [2.05, 4.69) is 238 Å². The maximum atomic E-state index is 2.50. The molecule has 0 bridgehead atoms. The lowest BCUT2D eigenvalue weighted by atomic mass is 10.00. The Balaban J connectivity index is 0.934. The van der Waals surface area contributed by atoms with Crippen molar-refractivity contribution >= 4 is 108 Å². The van der Waals surface area contributed by atoms with Gasteiger partial charge in [0.05, 0.1) is 27.6 Å². The highest BCUT2D eigenvalue weighted by molar-refractivity contribution is 7.25. The predicted molar refractivity (Wildman–Crippen MR) is 274 cm³/mol. The van der Waals surface area contributed by atoms with E-state index < -0.39 is 0 Å². The standard InChI is InChI=1S/C60H37N3S/c1-3-13-38(14-4-1)39-25-28-42(29-26-39)61(43-31-34-56-53(36-43)47-18-8-9-23-54(47)62(56)41-15-5-2-6-16-41)44-30-33-49-48-32-27-40(35-57(48)64-58(49)37-44)45-19-11-21-51-52-22-12-20-50-46-17-7-10-24-55(46)63(59(45)51)60(50)52/h1-37H. The van der Waals surface area contributed by atoms with Crippen molar-refractivity contribution in [2.45, 2.75) is 0 Å². The summed E-state index contributed by atoms with van der Waals surface area (Å²) >= 11 is 1.88. The molecule has 3 nitrogen and oxygen atoms in total. The minimum Gasteiger partial charge on any atom is -0.310 e. The Kier molecular flexibility index (Phi) is 7.56. The lowest BCUT2D eigenvalue weighted by Gasteiger charge is -2.26.